The quantitative estimate of drug-likeness (QED) is 0.240. The maximum absolute atomic E-state index is 14.5. The van der Waals surface area contributed by atoms with Crippen molar-refractivity contribution >= 4 is 29.5 Å². The first kappa shape index (κ1) is 35.1. The van der Waals surface area contributed by atoms with Crippen molar-refractivity contribution in [2.24, 2.45) is 11.7 Å². The Kier molecular flexibility index (Phi) is 12.6. The number of phenolic OH excluding ortho intramolecular Hbond substituents is 1. The number of carbonyl (C=O) groups is 4. The van der Waals surface area contributed by atoms with Crippen LogP contribution in [0, 0.1) is 19.8 Å². The van der Waals surface area contributed by atoms with Crippen molar-refractivity contribution in [1.29, 1.82) is 0 Å². The van der Waals surface area contributed by atoms with Gasteiger partial charge in [-0.15, -0.1) is 0 Å². The molecule has 0 aliphatic heterocycles. The van der Waals surface area contributed by atoms with Crippen molar-refractivity contribution in [2.75, 3.05) is 5.32 Å². The molecule has 10 heteroatoms. The largest absolute Gasteiger partial charge is 0.508 e. The molecule has 0 aliphatic carbocycles. The van der Waals surface area contributed by atoms with Crippen LogP contribution >= 0.6 is 0 Å². The monoisotopic (exact) mass is 596 g/mol. The first-order valence-electron chi connectivity index (χ1n) is 14.8. The minimum Gasteiger partial charge on any atom is -0.508 e. The van der Waals surface area contributed by atoms with Gasteiger partial charge in [-0.1, -0.05) is 44.2 Å². The molecule has 236 valence electrons. The molecule has 43 heavy (non-hydrogen) atoms. The summed E-state index contributed by atoms with van der Waals surface area (Å²) >= 11 is 0. The standard InChI is InChI=1S/C33H48N4O6/c1-20(2)12-13-23(5)37(31(41)26(18-19-27(34)39)35-32(42)43-33(6,7)8)29(24-14-16-25(38)17-15-24)30(40)36-28-21(3)10-9-11-22(28)4/h9-11,14-17,20,23,26,29,38H,12-13,18-19H2,1-8H3,(H2,34,39)(H,35,42)(H,36,40). The second-order valence-corrected chi connectivity index (χ2v) is 12.5. The van der Waals surface area contributed by atoms with Gasteiger partial charge in [0.2, 0.25) is 11.8 Å². The lowest BCUT2D eigenvalue weighted by Crippen LogP contribution is -2.55. The Bertz CT molecular complexity index is 1250. The van der Waals surface area contributed by atoms with Crippen LogP contribution in [-0.4, -0.2) is 51.5 Å². The van der Waals surface area contributed by atoms with Gasteiger partial charge in [0, 0.05) is 18.2 Å². The predicted octanol–water partition coefficient (Wildman–Crippen LogP) is 5.50. The van der Waals surface area contributed by atoms with Crippen molar-refractivity contribution < 1.29 is 29.0 Å². The van der Waals surface area contributed by atoms with E-state index in [1.807, 2.05) is 39.0 Å². The summed E-state index contributed by atoms with van der Waals surface area (Å²) in [7, 11) is 0. The molecule has 10 nitrogen and oxygen atoms in total. The van der Waals surface area contributed by atoms with Gasteiger partial charge in [-0.05, 0) is 95.5 Å². The molecule has 0 aliphatic rings. The summed E-state index contributed by atoms with van der Waals surface area (Å²) in [4.78, 5) is 54.8. The van der Waals surface area contributed by atoms with Crippen LogP contribution in [0.25, 0.3) is 0 Å². The number of phenols is 1. The highest BCUT2D eigenvalue weighted by atomic mass is 16.6. The molecule has 0 radical (unpaired) electrons. The summed E-state index contributed by atoms with van der Waals surface area (Å²) in [6.45, 7) is 14.9. The predicted molar refractivity (Wildman–Crippen MR) is 167 cm³/mol. The van der Waals surface area contributed by atoms with Crippen molar-refractivity contribution in [3.63, 3.8) is 0 Å². The summed E-state index contributed by atoms with van der Waals surface area (Å²) < 4.78 is 5.41. The Hall–Kier alpha value is -4.08. The van der Waals surface area contributed by atoms with Gasteiger partial charge in [0.1, 0.15) is 23.4 Å². The third-order valence-corrected chi connectivity index (χ3v) is 7.02. The van der Waals surface area contributed by atoms with Gasteiger partial charge in [0.05, 0.1) is 0 Å². The zero-order valence-corrected chi connectivity index (χ0v) is 26.7. The Labute approximate surface area is 255 Å². The third-order valence-electron chi connectivity index (χ3n) is 7.02. The number of primary amides is 1. The number of rotatable bonds is 13. The number of amides is 4. The number of nitrogens with zero attached hydrogens (tertiary/aromatic N) is 1. The third kappa shape index (κ3) is 10.9. The van der Waals surface area contributed by atoms with Gasteiger partial charge in [0.15, 0.2) is 0 Å². The molecule has 3 atom stereocenters. The summed E-state index contributed by atoms with van der Waals surface area (Å²) in [5.41, 5.74) is 7.41. The van der Waals surface area contributed by atoms with E-state index in [9.17, 15) is 24.3 Å². The van der Waals surface area contributed by atoms with E-state index in [2.05, 4.69) is 24.5 Å². The Morgan fingerprint density at radius 3 is 2.02 bits per heavy atom. The number of benzene rings is 2. The lowest BCUT2D eigenvalue weighted by Gasteiger charge is -2.39. The zero-order valence-electron chi connectivity index (χ0n) is 26.7. The molecule has 2 rings (SSSR count). The van der Waals surface area contributed by atoms with Crippen LogP contribution in [0.15, 0.2) is 42.5 Å². The number of carbonyl (C=O) groups excluding carboxylic acids is 4. The van der Waals surface area contributed by atoms with Gasteiger partial charge in [0.25, 0.3) is 5.91 Å². The molecular weight excluding hydrogens is 548 g/mol. The zero-order chi connectivity index (χ0) is 32.5. The minimum atomic E-state index is -1.20. The number of alkyl carbamates (subject to hydrolysis) is 1. The number of hydrogen-bond donors (Lipinski definition) is 4. The summed E-state index contributed by atoms with van der Waals surface area (Å²) in [6, 6.07) is 9.00. The molecule has 4 amide bonds. The van der Waals surface area contributed by atoms with E-state index in [-0.39, 0.29) is 18.6 Å². The molecule has 0 heterocycles. The average molecular weight is 597 g/mol. The second-order valence-electron chi connectivity index (χ2n) is 12.5. The highest BCUT2D eigenvalue weighted by molar-refractivity contribution is 6.00. The van der Waals surface area contributed by atoms with Crippen molar-refractivity contribution in [1.82, 2.24) is 10.2 Å². The first-order chi connectivity index (χ1) is 20.0. The van der Waals surface area contributed by atoms with E-state index < -0.39 is 47.5 Å². The molecule has 2 aromatic carbocycles. The molecule has 2 aromatic rings. The maximum Gasteiger partial charge on any atom is 0.408 e. The van der Waals surface area contributed by atoms with E-state index in [0.717, 1.165) is 17.5 Å². The van der Waals surface area contributed by atoms with Crippen molar-refractivity contribution in [3.8, 4) is 5.75 Å². The average Bonchev–Trinajstić information content (AvgIpc) is 2.89. The Morgan fingerprint density at radius 1 is 0.930 bits per heavy atom. The van der Waals surface area contributed by atoms with Crippen LogP contribution in [-0.2, 0) is 19.1 Å². The van der Waals surface area contributed by atoms with Crippen molar-refractivity contribution in [2.45, 2.75) is 105 Å². The fourth-order valence-corrected chi connectivity index (χ4v) is 4.78. The fraction of sp³-hybridized carbons (Fsp3) is 0.515. The van der Waals surface area contributed by atoms with E-state index >= 15 is 0 Å². The molecule has 3 unspecified atom stereocenters. The van der Waals surface area contributed by atoms with Gasteiger partial charge in [-0.3, -0.25) is 14.4 Å². The van der Waals surface area contributed by atoms with E-state index in [0.29, 0.717) is 23.6 Å². The number of ether oxygens (including phenoxy) is 1. The van der Waals surface area contributed by atoms with Crippen LogP contribution < -0.4 is 16.4 Å². The Morgan fingerprint density at radius 2 is 1.51 bits per heavy atom. The minimum absolute atomic E-state index is 0.00863. The van der Waals surface area contributed by atoms with E-state index in [1.54, 1.807) is 32.9 Å². The maximum atomic E-state index is 14.5. The van der Waals surface area contributed by atoms with Crippen LogP contribution in [0.3, 0.4) is 0 Å². The highest BCUT2D eigenvalue weighted by Crippen LogP contribution is 2.31. The molecule has 0 spiro atoms. The van der Waals surface area contributed by atoms with Crippen LogP contribution in [0.2, 0.25) is 0 Å². The summed E-state index contributed by atoms with van der Waals surface area (Å²) in [6.07, 6.45) is 0.271. The number of hydrogen-bond acceptors (Lipinski definition) is 6. The molecule has 5 N–H and O–H groups in total. The number of nitrogens with two attached hydrogens (primary N) is 1. The van der Waals surface area contributed by atoms with Gasteiger partial charge < -0.3 is 31.1 Å². The lowest BCUT2D eigenvalue weighted by molar-refractivity contribution is -0.143. The number of aromatic hydroxyl groups is 1. The Balaban J connectivity index is 2.67. The first-order valence-corrected chi connectivity index (χ1v) is 14.8. The number of anilines is 1. The van der Waals surface area contributed by atoms with Crippen molar-refractivity contribution in [3.05, 3.63) is 59.2 Å². The van der Waals surface area contributed by atoms with Gasteiger partial charge >= 0.3 is 6.09 Å². The summed E-state index contributed by atoms with van der Waals surface area (Å²) in [5, 5.41) is 15.6. The molecule has 0 fully saturated rings. The van der Waals surface area contributed by atoms with Crippen LogP contribution in [0.1, 0.15) is 90.0 Å². The summed E-state index contributed by atoms with van der Waals surface area (Å²) in [5.74, 6) is -1.31. The molecule has 0 saturated heterocycles. The van der Waals surface area contributed by atoms with E-state index in [1.165, 1.54) is 17.0 Å². The second kappa shape index (κ2) is 15.4. The van der Waals surface area contributed by atoms with Gasteiger partial charge in [-0.2, -0.15) is 0 Å². The number of para-hydroxylation sites is 1. The fourth-order valence-electron chi connectivity index (χ4n) is 4.78. The SMILES string of the molecule is Cc1cccc(C)c1NC(=O)C(c1ccc(O)cc1)N(C(=O)C(CCC(N)=O)NC(=O)OC(C)(C)C)C(C)CCC(C)C. The molecular formula is C33H48N4O6. The number of aryl methyl sites for hydroxylation is 2. The topological polar surface area (TPSA) is 151 Å². The van der Waals surface area contributed by atoms with Crippen LogP contribution in [0.4, 0.5) is 10.5 Å². The molecule has 0 saturated carbocycles. The van der Waals surface area contributed by atoms with Gasteiger partial charge in [-0.25, -0.2) is 4.79 Å². The molecule has 0 bridgehead atoms. The normalized spacial score (nSPS) is 13.5. The van der Waals surface area contributed by atoms with Crippen LogP contribution in [0.5, 0.6) is 5.75 Å². The number of nitrogens with one attached hydrogen (secondary N) is 2. The lowest BCUT2D eigenvalue weighted by atomic mass is 9.96. The molecule has 0 aromatic heterocycles. The smallest absolute Gasteiger partial charge is 0.408 e. The van der Waals surface area contributed by atoms with E-state index in [4.69, 9.17) is 10.5 Å². The highest BCUT2D eigenvalue weighted by Gasteiger charge is 2.39.